The first-order chi connectivity index (χ1) is 17.0. The molecule has 0 radical (unpaired) electrons. The van der Waals surface area contributed by atoms with Gasteiger partial charge in [-0.15, -0.1) is 0 Å². The van der Waals surface area contributed by atoms with Crippen LogP contribution in [-0.2, 0) is 16.6 Å². The van der Waals surface area contributed by atoms with Crippen molar-refractivity contribution in [2.75, 3.05) is 15.9 Å². The van der Waals surface area contributed by atoms with Crippen LogP contribution in [0.25, 0.3) is 0 Å². The minimum Gasteiger partial charge on any atom is -0.350 e. The Balaban J connectivity index is 1.77. The fraction of sp³-hybridized carbons (Fsp3) is 0.286. The molecule has 0 spiro atoms. The predicted molar refractivity (Wildman–Crippen MR) is 145 cm³/mol. The number of anilines is 2. The summed E-state index contributed by atoms with van der Waals surface area (Å²) < 4.78 is 26.4. The Hall–Kier alpha value is -3.65. The molecule has 3 aromatic carbocycles. The first-order valence-electron chi connectivity index (χ1n) is 11.8. The molecule has 0 fully saturated rings. The third kappa shape index (κ3) is 6.73. The number of hydrogen-bond donors (Lipinski definition) is 2. The van der Waals surface area contributed by atoms with Gasteiger partial charge in [-0.3, -0.25) is 13.9 Å². The molecule has 190 valence electrons. The lowest BCUT2D eigenvalue weighted by atomic mass is 10.1. The number of carbonyl (C=O) groups excluding carboxylic acids is 2. The van der Waals surface area contributed by atoms with Gasteiger partial charge in [0.1, 0.15) is 0 Å². The van der Waals surface area contributed by atoms with Crippen molar-refractivity contribution in [1.29, 1.82) is 0 Å². The highest BCUT2D eigenvalue weighted by molar-refractivity contribution is 7.92. The van der Waals surface area contributed by atoms with E-state index in [0.717, 1.165) is 23.1 Å². The average molecular weight is 508 g/mol. The fourth-order valence-electron chi connectivity index (χ4n) is 3.60. The van der Waals surface area contributed by atoms with Crippen molar-refractivity contribution in [1.82, 2.24) is 5.32 Å². The summed E-state index contributed by atoms with van der Waals surface area (Å²) in [6.07, 6.45) is 1.98. The van der Waals surface area contributed by atoms with E-state index in [2.05, 4.69) is 10.6 Å². The van der Waals surface area contributed by atoms with Crippen LogP contribution in [0.15, 0.2) is 66.7 Å². The quantitative estimate of drug-likeness (QED) is 0.424. The fourth-order valence-corrected chi connectivity index (χ4v) is 4.48. The standard InChI is InChI=1S/C28H33N3O4S/c1-6-21(4)29-28(33)25-9-7-8-10-26(25)30-27(32)23-14-12-22(13-15-23)18-31(36(5,34)35)24-16-11-19(2)20(3)17-24/h7-17,21H,6,18H2,1-5H3,(H,29,33)(H,30,32). The topological polar surface area (TPSA) is 95.6 Å². The molecule has 0 heterocycles. The van der Waals surface area contributed by atoms with E-state index in [0.29, 0.717) is 22.5 Å². The second kappa shape index (κ2) is 11.4. The van der Waals surface area contributed by atoms with Crippen LogP contribution in [0.4, 0.5) is 11.4 Å². The first-order valence-corrected chi connectivity index (χ1v) is 13.7. The van der Waals surface area contributed by atoms with Gasteiger partial charge >= 0.3 is 0 Å². The monoisotopic (exact) mass is 507 g/mol. The summed E-state index contributed by atoms with van der Waals surface area (Å²) in [5.74, 6) is -0.609. The Bertz CT molecular complexity index is 1350. The van der Waals surface area contributed by atoms with Crippen molar-refractivity contribution < 1.29 is 18.0 Å². The Morgan fingerprint density at radius 3 is 2.19 bits per heavy atom. The summed E-state index contributed by atoms with van der Waals surface area (Å²) in [7, 11) is -3.52. The van der Waals surface area contributed by atoms with Gasteiger partial charge in [-0.25, -0.2) is 8.42 Å². The van der Waals surface area contributed by atoms with Gasteiger partial charge in [-0.1, -0.05) is 37.3 Å². The van der Waals surface area contributed by atoms with E-state index in [-0.39, 0.29) is 24.4 Å². The molecule has 36 heavy (non-hydrogen) atoms. The molecule has 0 aliphatic rings. The van der Waals surface area contributed by atoms with Gasteiger partial charge in [0.05, 0.1) is 29.7 Å². The van der Waals surface area contributed by atoms with Crippen molar-refractivity contribution in [3.8, 4) is 0 Å². The molecule has 3 rings (SSSR count). The molecule has 1 unspecified atom stereocenters. The van der Waals surface area contributed by atoms with E-state index in [9.17, 15) is 18.0 Å². The Morgan fingerprint density at radius 2 is 1.58 bits per heavy atom. The lowest BCUT2D eigenvalue weighted by Crippen LogP contribution is -2.32. The van der Waals surface area contributed by atoms with E-state index in [1.807, 2.05) is 39.8 Å². The summed E-state index contributed by atoms with van der Waals surface area (Å²) in [6.45, 7) is 7.97. The minimum atomic E-state index is -3.52. The average Bonchev–Trinajstić information content (AvgIpc) is 2.84. The second-order valence-electron chi connectivity index (χ2n) is 9.02. The highest BCUT2D eigenvalue weighted by Gasteiger charge is 2.19. The van der Waals surface area contributed by atoms with Gasteiger partial charge in [-0.2, -0.15) is 0 Å². The Morgan fingerprint density at radius 1 is 0.917 bits per heavy atom. The number of sulfonamides is 1. The molecule has 2 amide bonds. The zero-order chi connectivity index (χ0) is 26.5. The smallest absolute Gasteiger partial charge is 0.255 e. The van der Waals surface area contributed by atoms with Gasteiger partial charge in [0.15, 0.2) is 0 Å². The van der Waals surface area contributed by atoms with Crippen LogP contribution in [0, 0.1) is 13.8 Å². The zero-order valence-corrected chi connectivity index (χ0v) is 22.1. The van der Waals surface area contributed by atoms with Crippen molar-refractivity contribution in [2.24, 2.45) is 0 Å². The maximum Gasteiger partial charge on any atom is 0.255 e. The van der Waals surface area contributed by atoms with Gasteiger partial charge in [-0.05, 0) is 80.3 Å². The van der Waals surface area contributed by atoms with Crippen LogP contribution in [0.3, 0.4) is 0 Å². The largest absolute Gasteiger partial charge is 0.350 e. The number of para-hydroxylation sites is 1. The van der Waals surface area contributed by atoms with Crippen molar-refractivity contribution in [3.63, 3.8) is 0 Å². The van der Waals surface area contributed by atoms with Crippen molar-refractivity contribution in [2.45, 2.75) is 46.7 Å². The SMILES string of the molecule is CCC(C)NC(=O)c1ccccc1NC(=O)c1ccc(CN(c2ccc(C)c(C)c2)S(C)(=O)=O)cc1. The van der Waals surface area contributed by atoms with Crippen molar-refractivity contribution >= 4 is 33.2 Å². The van der Waals surface area contributed by atoms with Gasteiger partial charge < -0.3 is 10.6 Å². The third-order valence-electron chi connectivity index (χ3n) is 6.13. The normalized spacial score (nSPS) is 12.0. The molecule has 0 saturated heterocycles. The van der Waals surface area contributed by atoms with E-state index in [4.69, 9.17) is 0 Å². The number of benzene rings is 3. The van der Waals surface area contributed by atoms with E-state index in [1.165, 1.54) is 10.6 Å². The lowest BCUT2D eigenvalue weighted by Gasteiger charge is -2.23. The summed E-state index contributed by atoms with van der Waals surface area (Å²) in [4.78, 5) is 25.5. The Kier molecular flexibility index (Phi) is 8.53. The summed E-state index contributed by atoms with van der Waals surface area (Å²) in [5.41, 5.74) is 4.63. The zero-order valence-electron chi connectivity index (χ0n) is 21.3. The number of hydrogen-bond acceptors (Lipinski definition) is 4. The van der Waals surface area contributed by atoms with E-state index >= 15 is 0 Å². The maximum atomic E-state index is 12.9. The van der Waals surface area contributed by atoms with Crippen LogP contribution < -0.4 is 14.9 Å². The first kappa shape index (κ1) is 26.9. The number of carbonyl (C=O) groups is 2. The highest BCUT2D eigenvalue weighted by atomic mass is 32.2. The van der Waals surface area contributed by atoms with Crippen molar-refractivity contribution in [3.05, 3.63) is 94.5 Å². The molecule has 0 aliphatic heterocycles. The van der Waals surface area contributed by atoms with Gasteiger partial charge in [0, 0.05) is 11.6 Å². The molecular weight excluding hydrogens is 474 g/mol. The van der Waals surface area contributed by atoms with E-state index in [1.54, 1.807) is 54.6 Å². The number of nitrogens with one attached hydrogen (secondary N) is 2. The van der Waals surface area contributed by atoms with Crippen LogP contribution in [0.1, 0.15) is 57.7 Å². The number of rotatable bonds is 9. The third-order valence-corrected chi connectivity index (χ3v) is 7.27. The van der Waals surface area contributed by atoms with E-state index < -0.39 is 10.0 Å². The number of nitrogens with zero attached hydrogens (tertiary/aromatic N) is 1. The molecule has 3 aromatic rings. The summed E-state index contributed by atoms with van der Waals surface area (Å²) in [5, 5.41) is 5.73. The minimum absolute atomic E-state index is 0.0177. The number of aryl methyl sites for hydroxylation is 2. The van der Waals surface area contributed by atoms with Gasteiger partial charge in [0.2, 0.25) is 10.0 Å². The molecule has 0 aromatic heterocycles. The van der Waals surface area contributed by atoms with Crippen LogP contribution in [-0.4, -0.2) is 32.5 Å². The Labute approximate surface area is 213 Å². The molecular formula is C28H33N3O4S. The highest BCUT2D eigenvalue weighted by Crippen LogP contribution is 2.24. The second-order valence-corrected chi connectivity index (χ2v) is 10.9. The molecule has 2 N–H and O–H groups in total. The maximum absolute atomic E-state index is 12.9. The van der Waals surface area contributed by atoms with Gasteiger partial charge in [0.25, 0.3) is 11.8 Å². The lowest BCUT2D eigenvalue weighted by molar-refractivity contribution is 0.0940. The molecule has 8 heteroatoms. The van der Waals surface area contributed by atoms with Crippen LogP contribution in [0.2, 0.25) is 0 Å². The number of amides is 2. The van der Waals surface area contributed by atoms with Crippen LogP contribution >= 0.6 is 0 Å². The molecule has 0 bridgehead atoms. The summed E-state index contributed by atoms with van der Waals surface area (Å²) in [6, 6.07) is 19.2. The molecule has 1 atom stereocenters. The predicted octanol–water partition coefficient (Wildman–Crippen LogP) is 5.05. The van der Waals surface area contributed by atoms with Crippen LogP contribution in [0.5, 0.6) is 0 Å². The molecule has 0 saturated carbocycles. The molecule has 7 nitrogen and oxygen atoms in total. The molecule has 0 aliphatic carbocycles. The summed E-state index contributed by atoms with van der Waals surface area (Å²) >= 11 is 0.